The normalized spacial score (nSPS) is 12.5. The standard InChI is InChI=1S/C14H14FN5/c1-10(8-11-2-4-12(15)5-3-11)18-13-14-19-17-9-20(14)7-6-16-13/h2-7,9-10H,8H2,1H3,(H,16,18). The Morgan fingerprint density at radius 2 is 2.10 bits per heavy atom. The van der Waals surface area contributed by atoms with Gasteiger partial charge in [-0.05, 0) is 31.0 Å². The van der Waals surface area contributed by atoms with Crippen LogP contribution in [-0.2, 0) is 6.42 Å². The fourth-order valence-electron chi connectivity index (χ4n) is 2.12. The summed E-state index contributed by atoms with van der Waals surface area (Å²) in [6.45, 7) is 2.05. The molecular weight excluding hydrogens is 257 g/mol. The van der Waals surface area contributed by atoms with Crippen molar-refractivity contribution in [3.05, 3.63) is 54.4 Å². The second-order valence-electron chi connectivity index (χ2n) is 4.71. The molecule has 1 unspecified atom stereocenters. The molecule has 0 amide bonds. The Hall–Kier alpha value is -2.50. The van der Waals surface area contributed by atoms with E-state index in [0.29, 0.717) is 11.5 Å². The molecule has 0 spiro atoms. The van der Waals surface area contributed by atoms with Crippen LogP contribution in [0.2, 0.25) is 0 Å². The van der Waals surface area contributed by atoms with Crippen molar-refractivity contribution >= 4 is 11.5 Å². The van der Waals surface area contributed by atoms with Gasteiger partial charge in [-0.25, -0.2) is 9.37 Å². The molecule has 20 heavy (non-hydrogen) atoms. The van der Waals surface area contributed by atoms with Crippen LogP contribution in [0.1, 0.15) is 12.5 Å². The van der Waals surface area contributed by atoms with E-state index < -0.39 is 0 Å². The Morgan fingerprint density at radius 1 is 1.30 bits per heavy atom. The van der Waals surface area contributed by atoms with Crippen molar-refractivity contribution in [3.63, 3.8) is 0 Å². The van der Waals surface area contributed by atoms with Crippen molar-refractivity contribution in [1.29, 1.82) is 0 Å². The fraction of sp³-hybridized carbons (Fsp3) is 0.214. The highest BCUT2D eigenvalue weighted by Gasteiger charge is 2.09. The molecule has 0 saturated heterocycles. The van der Waals surface area contributed by atoms with Gasteiger partial charge in [-0.15, -0.1) is 10.2 Å². The number of nitrogens with zero attached hydrogens (tertiary/aromatic N) is 4. The van der Waals surface area contributed by atoms with Crippen LogP contribution in [0, 0.1) is 5.82 Å². The van der Waals surface area contributed by atoms with Crippen molar-refractivity contribution in [1.82, 2.24) is 19.6 Å². The molecule has 2 aromatic heterocycles. The number of anilines is 1. The first-order chi connectivity index (χ1) is 9.72. The van der Waals surface area contributed by atoms with Gasteiger partial charge < -0.3 is 5.32 Å². The van der Waals surface area contributed by atoms with E-state index in [1.807, 2.05) is 6.92 Å². The minimum absolute atomic E-state index is 0.149. The molecule has 0 fully saturated rings. The van der Waals surface area contributed by atoms with Crippen LogP contribution in [0.25, 0.3) is 5.65 Å². The zero-order valence-electron chi connectivity index (χ0n) is 11.0. The van der Waals surface area contributed by atoms with Crippen LogP contribution >= 0.6 is 0 Å². The average molecular weight is 271 g/mol. The number of halogens is 1. The third kappa shape index (κ3) is 2.59. The van der Waals surface area contributed by atoms with E-state index in [2.05, 4.69) is 20.5 Å². The highest BCUT2D eigenvalue weighted by atomic mass is 19.1. The van der Waals surface area contributed by atoms with Gasteiger partial charge in [0.1, 0.15) is 12.1 Å². The molecule has 102 valence electrons. The third-order valence-corrected chi connectivity index (χ3v) is 3.05. The zero-order chi connectivity index (χ0) is 13.9. The summed E-state index contributed by atoms with van der Waals surface area (Å²) < 4.78 is 14.7. The number of rotatable bonds is 4. The second-order valence-corrected chi connectivity index (χ2v) is 4.71. The van der Waals surface area contributed by atoms with Crippen LogP contribution < -0.4 is 5.32 Å². The molecule has 0 aliphatic carbocycles. The highest BCUT2D eigenvalue weighted by molar-refractivity contribution is 5.61. The van der Waals surface area contributed by atoms with Crippen LogP contribution in [0.4, 0.5) is 10.2 Å². The lowest BCUT2D eigenvalue weighted by Gasteiger charge is -2.14. The molecule has 1 N–H and O–H groups in total. The van der Waals surface area contributed by atoms with Gasteiger partial charge in [-0.2, -0.15) is 0 Å². The molecule has 3 aromatic rings. The first kappa shape index (κ1) is 12.5. The summed E-state index contributed by atoms with van der Waals surface area (Å²) in [6.07, 6.45) is 5.90. The zero-order valence-corrected chi connectivity index (χ0v) is 11.0. The summed E-state index contributed by atoms with van der Waals surface area (Å²) in [7, 11) is 0. The molecular formula is C14H14FN5. The van der Waals surface area contributed by atoms with E-state index in [1.54, 1.807) is 35.3 Å². The van der Waals surface area contributed by atoms with Crippen LogP contribution in [0.5, 0.6) is 0 Å². The SMILES string of the molecule is CC(Cc1ccc(F)cc1)Nc1nccn2cnnc12. The third-order valence-electron chi connectivity index (χ3n) is 3.05. The topological polar surface area (TPSA) is 55.1 Å². The summed E-state index contributed by atoms with van der Waals surface area (Å²) in [6, 6.07) is 6.67. The molecule has 0 aliphatic rings. The van der Waals surface area contributed by atoms with Crippen molar-refractivity contribution < 1.29 is 4.39 Å². The van der Waals surface area contributed by atoms with Gasteiger partial charge in [0, 0.05) is 18.4 Å². The van der Waals surface area contributed by atoms with Gasteiger partial charge in [0.25, 0.3) is 0 Å². The van der Waals surface area contributed by atoms with Crippen molar-refractivity contribution in [2.24, 2.45) is 0 Å². The van der Waals surface area contributed by atoms with Gasteiger partial charge in [-0.1, -0.05) is 12.1 Å². The summed E-state index contributed by atoms with van der Waals surface area (Å²) in [5.74, 6) is 0.476. The maximum Gasteiger partial charge on any atom is 0.203 e. The molecule has 5 nitrogen and oxygen atoms in total. The molecule has 1 aromatic carbocycles. The maximum absolute atomic E-state index is 12.9. The van der Waals surface area contributed by atoms with E-state index in [-0.39, 0.29) is 11.9 Å². The summed E-state index contributed by atoms with van der Waals surface area (Å²) in [5, 5.41) is 11.2. The predicted molar refractivity (Wildman–Crippen MR) is 74.0 cm³/mol. The van der Waals surface area contributed by atoms with Gasteiger partial charge in [0.05, 0.1) is 0 Å². The average Bonchev–Trinajstić information content (AvgIpc) is 2.91. The molecule has 0 radical (unpaired) electrons. The van der Waals surface area contributed by atoms with Gasteiger partial charge in [-0.3, -0.25) is 4.40 Å². The van der Waals surface area contributed by atoms with Crippen molar-refractivity contribution in [3.8, 4) is 0 Å². The number of nitrogens with one attached hydrogen (secondary N) is 1. The molecule has 0 aliphatic heterocycles. The highest BCUT2D eigenvalue weighted by Crippen LogP contribution is 2.13. The Balaban J connectivity index is 1.74. The smallest absolute Gasteiger partial charge is 0.203 e. The van der Waals surface area contributed by atoms with E-state index in [1.165, 1.54) is 12.1 Å². The number of benzene rings is 1. The predicted octanol–water partition coefficient (Wildman–Crippen LogP) is 2.31. The van der Waals surface area contributed by atoms with Crippen LogP contribution in [-0.4, -0.2) is 25.6 Å². The largest absolute Gasteiger partial charge is 0.364 e. The minimum Gasteiger partial charge on any atom is -0.364 e. The molecule has 6 heteroatoms. The summed E-state index contributed by atoms with van der Waals surface area (Å²) in [5.41, 5.74) is 1.76. The van der Waals surface area contributed by atoms with Crippen LogP contribution in [0.3, 0.4) is 0 Å². The molecule has 0 saturated carbocycles. The van der Waals surface area contributed by atoms with Gasteiger partial charge in [0.2, 0.25) is 5.65 Å². The Morgan fingerprint density at radius 3 is 2.90 bits per heavy atom. The summed E-state index contributed by atoms with van der Waals surface area (Å²) in [4.78, 5) is 4.28. The van der Waals surface area contributed by atoms with Gasteiger partial charge in [0.15, 0.2) is 5.82 Å². The quantitative estimate of drug-likeness (QED) is 0.791. The van der Waals surface area contributed by atoms with E-state index in [4.69, 9.17) is 0 Å². The van der Waals surface area contributed by atoms with Gasteiger partial charge >= 0.3 is 0 Å². The maximum atomic E-state index is 12.9. The Bertz CT molecular complexity index is 707. The lowest BCUT2D eigenvalue weighted by molar-refractivity contribution is 0.626. The number of fused-ring (bicyclic) bond motifs is 1. The Kier molecular flexibility index (Phi) is 3.28. The van der Waals surface area contributed by atoms with Crippen LogP contribution in [0.15, 0.2) is 43.0 Å². The molecule has 2 heterocycles. The first-order valence-electron chi connectivity index (χ1n) is 6.38. The number of hydrogen-bond donors (Lipinski definition) is 1. The lowest BCUT2D eigenvalue weighted by atomic mass is 10.1. The van der Waals surface area contributed by atoms with E-state index >= 15 is 0 Å². The summed E-state index contributed by atoms with van der Waals surface area (Å²) >= 11 is 0. The van der Waals surface area contributed by atoms with Crippen molar-refractivity contribution in [2.75, 3.05) is 5.32 Å². The Labute approximate surface area is 115 Å². The van der Waals surface area contributed by atoms with E-state index in [0.717, 1.165) is 12.0 Å². The fourth-order valence-corrected chi connectivity index (χ4v) is 2.12. The molecule has 0 bridgehead atoms. The number of aromatic nitrogens is 4. The first-order valence-corrected chi connectivity index (χ1v) is 6.38. The number of hydrogen-bond acceptors (Lipinski definition) is 4. The lowest BCUT2D eigenvalue weighted by Crippen LogP contribution is -2.19. The minimum atomic E-state index is -0.218. The monoisotopic (exact) mass is 271 g/mol. The van der Waals surface area contributed by atoms with Crippen molar-refractivity contribution in [2.45, 2.75) is 19.4 Å². The van der Waals surface area contributed by atoms with E-state index in [9.17, 15) is 4.39 Å². The molecule has 3 rings (SSSR count). The second kappa shape index (κ2) is 5.24. The molecule has 1 atom stereocenters.